The van der Waals surface area contributed by atoms with E-state index >= 15 is 0 Å². The maximum Gasteiger partial charge on any atom is 0.263 e. The lowest BCUT2D eigenvalue weighted by Crippen LogP contribution is -2.17. The van der Waals surface area contributed by atoms with E-state index in [2.05, 4.69) is 36.5 Å². The molecule has 134 valence electrons. The smallest absolute Gasteiger partial charge is 0.263 e. The molecule has 1 fully saturated rings. The monoisotopic (exact) mass is 383 g/mol. The van der Waals surface area contributed by atoms with Crippen LogP contribution in [0.5, 0.6) is 5.75 Å². The Labute approximate surface area is 163 Å². The molecule has 2 aromatic rings. The molecule has 0 radical (unpaired) electrons. The number of benzene rings is 2. The third-order valence-electron chi connectivity index (χ3n) is 4.07. The van der Waals surface area contributed by atoms with Crippen LogP contribution < -0.4 is 10.1 Å². The minimum atomic E-state index is -0.136. The molecule has 0 spiro atoms. The van der Waals surface area contributed by atoms with Crippen molar-refractivity contribution in [3.8, 4) is 5.75 Å². The highest BCUT2D eigenvalue weighted by molar-refractivity contribution is 8.26. The number of ether oxygens (including phenoxy) is 1. The molecule has 0 bridgehead atoms. The van der Waals surface area contributed by atoms with Gasteiger partial charge in [0.1, 0.15) is 16.7 Å². The first-order chi connectivity index (χ1) is 12.6. The second kappa shape index (κ2) is 9.01. The number of carbonyl (C=O) groups is 1. The van der Waals surface area contributed by atoms with Crippen molar-refractivity contribution in [2.24, 2.45) is 0 Å². The Morgan fingerprint density at radius 1 is 1.08 bits per heavy atom. The van der Waals surface area contributed by atoms with Crippen molar-refractivity contribution < 1.29 is 9.53 Å². The number of thiocarbonyl (C=S) groups is 1. The van der Waals surface area contributed by atoms with E-state index in [1.54, 1.807) is 0 Å². The average molecular weight is 384 g/mol. The third-order valence-corrected chi connectivity index (χ3v) is 5.23. The van der Waals surface area contributed by atoms with E-state index in [0.29, 0.717) is 15.8 Å². The lowest BCUT2D eigenvalue weighted by molar-refractivity contribution is -0.115. The van der Waals surface area contributed by atoms with Gasteiger partial charge in [-0.05, 0) is 47.7 Å². The summed E-state index contributed by atoms with van der Waals surface area (Å²) in [7, 11) is 0. The van der Waals surface area contributed by atoms with Gasteiger partial charge in [0.15, 0.2) is 0 Å². The molecule has 0 unspecified atom stereocenters. The topological polar surface area (TPSA) is 38.3 Å². The Morgan fingerprint density at radius 2 is 1.77 bits per heavy atom. The van der Waals surface area contributed by atoms with Crippen molar-refractivity contribution in [3.05, 3.63) is 70.1 Å². The number of carbonyl (C=O) groups excluding carboxylic acids is 1. The summed E-state index contributed by atoms with van der Waals surface area (Å²) in [6, 6.07) is 16.3. The van der Waals surface area contributed by atoms with Gasteiger partial charge in [-0.3, -0.25) is 4.79 Å². The zero-order valence-corrected chi connectivity index (χ0v) is 16.3. The minimum Gasteiger partial charge on any atom is -0.489 e. The summed E-state index contributed by atoms with van der Waals surface area (Å²) in [4.78, 5) is 12.3. The van der Waals surface area contributed by atoms with Crippen LogP contribution in [0.25, 0.3) is 6.08 Å². The number of amides is 1. The van der Waals surface area contributed by atoms with Crippen LogP contribution in [0.15, 0.2) is 53.4 Å². The van der Waals surface area contributed by atoms with Crippen LogP contribution in [0, 0.1) is 0 Å². The number of unbranched alkanes of at least 4 members (excludes halogenated alkanes) is 1. The highest BCUT2D eigenvalue weighted by Crippen LogP contribution is 2.26. The molecule has 1 N–H and O–H groups in total. The molecule has 1 heterocycles. The summed E-state index contributed by atoms with van der Waals surface area (Å²) in [5.74, 6) is 0.670. The number of hydrogen-bond donors (Lipinski definition) is 1. The third kappa shape index (κ3) is 5.19. The van der Waals surface area contributed by atoms with E-state index < -0.39 is 0 Å². The first-order valence-corrected chi connectivity index (χ1v) is 9.92. The Balaban J connectivity index is 1.55. The fourth-order valence-corrected chi connectivity index (χ4v) is 3.63. The fraction of sp³-hybridized carbons (Fsp3) is 0.238. The molecule has 1 aliphatic rings. The molecule has 2 aromatic carbocycles. The van der Waals surface area contributed by atoms with Crippen LogP contribution in [-0.4, -0.2) is 10.2 Å². The molecular formula is C21H21NO2S2. The number of aryl methyl sites for hydroxylation is 1. The number of thioether (sulfide) groups is 1. The largest absolute Gasteiger partial charge is 0.489 e. The lowest BCUT2D eigenvalue weighted by atomic mass is 10.1. The van der Waals surface area contributed by atoms with E-state index in [-0.39, 0.29) is 5.91 Å². The molecule has 5 heteroatoms. The predicted octanol–water partition coefficient (Wildman–Crippen LogP) is 5.10. The quantitative estimate of drug-likeness (QED) is 0.533. The Bertz CT molecular complexity index is 811. The molecule has 3 rings (SSSR count). The number of hydrogen-bond acceptors (Lipinski definition) is 4. The molecular weight excluding hydrogens is 362 g/mol. The summed E-state index contributed by atoms with van der Waals surface area (Å²) in [5.41, 5.74) is 3.48. The van der Waals surface area contributed by atoms with Gasteiger partial charge >= 0.3 is 0 Å². The van der Waals surface area contributed by atoms with Crippen LogP contribution in [0.2, 0.25) is 0 Å². The second-order valence-corrected chi connectivity index (χ2v) is 7.85. The van der Waals surface area contributed by atoms with Gasteiger partial charge in [-0.1, -0.05) is 73.7 Å². The standard InChI is InChI=1S/C21H21NO2S2/c1-2-3-4-15-5-7-17(8-6-15)14-24-18-11-9-16(10-12-18)13-19-20(23)22-21(25)26-19/h5-13H,2-4,14H2,1H3,(H,22,23,25)/b19-13-. The Kier molecular flexibility index (Phi) is 6.47. The molecule has 1 saturated heterocycles. The maximum atomic E-state index is 11.7. The molecule has 0 aromatic heterocycles. The number of nitrogens with one attached hydrogen (secondary N) is 1. The van der Waals surface area contributed by atoms with E-state index in [1.807, 2.05) is 30.3 Å². The van der Waals surface area contributed by atoms with Gasteiger partial charge in [-0.15, -0.1) is 0 Å². The van der Waals surface area contributed by atoms with Gasteiger partial charge < -0.3 is 10.1 Å². The molecule has 3 nitrogen and oxygen atoms in total. The summed E-state index contributed by atoms with van der Waals surface area (Å²) >= 11 is 6.28. The average Bonchev–Trinajstić information content (AvgIpc) is 2.97. The van der Waals surface area contributed by atoms with Gasteiger partial charge in [-0.25, -0.2) is 0 Å². The van der Waals surface area contributed by atoms with Gasteiger partial charge in [0.25, 0.3) is 5.91 Å². The zero-order chi connectivity index (χ0) is 18.4. The highest BCUT2D eigenvalue weighted by Gasteiger charge is 2.21. The highest BCUT2D eigenvalue weighted by atomic mass is 32.2. The maximum absolute atomic E-state index is 11.7. The zero-order valence-electron chi connectivity index (χ0n) is 14.7. The van der Waals surface area contributed by atoms with Crippen LogP contribution in [0.1, 0.15) is 36.5 Å². The van der Waals surface area contributed by atoms with E-state index in [9.17, 15) is 4.79 Å². The van der Waals surface area contributed by atoms with Crippen LogP contribution in [0.3, 0.4) is 0 Å². The molecule has 0 atom stereocenters. The molecule has 0 aliphatic carbocycles. The summed E-state index contributed by atoms with van der Waals surface area (Å²) < 4.78 is 6.35. The van der Waals surface area contributed by atoms with E-state index in [0.717, 1.165) is 23.3 Å². The van der Waals surface area contributed by atoms with Crippen molar-refractivity contribution in [1.29, 1.82) is 0 Å². The lowest BCUT2D eigenvalue weighted by Gasteiger charge is -2.08. The minimum absolute atomic E-state index is 0.136. The van der Waals surface area contributed by atoms with Crippen LogP contribution in [0.4, 0.5) is 0 Å². The van der Waals surface area contributed by atoms with Crippen molar-refractivity contribution in [2.45, 2.75) is 32.8 Å². The summed E-state index contributed by atoms with van der Waals surface area (Å²) in [5, 5.41) is 2.61. The first kappa shape index (κ1) is 18.7. The number of rotatable bonds is 7. The summed E-state index contributed by atoms with van der Waals surface area (Å²) in [6.45, 7) is 2.75. The summed E-state index contributed by atoms with van der Waals surface area (Å²) in [6.07, 6.45) is 5.41. The normalized spacial score (nSPS) is 15.3. The molecule has 1 amide bonds. The van der Waals surface area contributed by atoms with Crippen LogP contribution in [-0.2, 0) is 17.8 Å². The Hall–Kier alpha value is -2.11. The molecule has 1 aliphatic heterocycles. The molecule has 26 heavy (non-hydrogen) atoms. The SMILES string of the molecule is CCCCc1ccc(COc2ccc(/C=C3\SC(=S)NC3=O)cc2)cc1. The van der Waals surface area contributed by atoms with Gasteiger partial charge in [-0.2, -0.15) is 0 Å². The van der Waals surface area contributed by atoms with E-state index in [4.69, 9.17) is 17.0 Å². The first-order valence-electron chi connectivity index (χ1n) is 8.69. The molecule has 0 saturated carbocycles. The van der Waals surface area contributed by atoms with E-state index in [1.165, 1.54) is 30.2 Å². The Morgan fingerprint density at radius 3 is 2.38 bits per heavy atom. The van der Waals surface area contributed by atoms with Gasteiger partial charge in [0.2, 0.25) is 0 Å². The fourth-order valence-electron chi connectivity index (χ4n) is 2.58. The van der Waals surface area contributed by atoms with Crippen LogP contribution >= 0.6 is 24.0 Å². The van der Waals surface area contributed by atoms with Crippen molar-refractivity contribution in [1.82, 2.24) is 5.32 Å². The van der Waals surface area contributed by atoms with Gasteiger partial charge in [0.05, 0.1) is 4.91 Å². The predicted molar refractivity (Wildman–Crippen MR) is 112 cm³/mol. The second-order valence-electron chi connectivity index (χ2n) is 6.13. The van der Waals surface area contributed by atoms with Crippen molar-refractivity contribution in [3.63, 3.8) is 0 Å². The van der Waals surface area contributed by atoms with Crippen molar-refractivity contribution >= 4 is 40.3 Å². The van der Waals surface area contributed by atoms with Crippen molar-refractivity contribution in [2.75, 3.05) is 0 Å². The van der Waals surface area contributed by atoms with Gasteiger partial charge in [0, 0.05) is 0 Å².